The Morgan fingerprint density at radius 2 is 2.08 bits per heavy atom. The fraction of sp³-hybridized carbons (Fsp3) is 0.545. The summed E-state index contributed by atoms with van der Waals surface area (Å²) >= 11 is 0. The van der Waals surface area contributed by atoms with E-state index < -0.39 is 0 Å². The molecular weight excluding hydrogens is 164 g/mol. The van der Waals surface area contributed by atoms with Gasteiger partial charge in [-0.15, -0.1) is 0 Å². The van der Waals surface area contributed by atoms with E-state index in [-0.39, 0.29) is 5.97 Å². The molecule has 0 aromatic carbocycles. The molecule has 0 radical (unpaired) electrons. The smallest absolute Gasteiger partial charge is 0.337 e. The molecule has 0 saturated heterocycles. The van der Waals surface area contributed by atoms with Gasteiger partial charge in [0.05, 0.1) is 12.2 Å². The molecule has 0 rings (SSSR count). The largest absolute Gasteiger partial charge is 0.462 e. The van der Waals surface area contributed by atoms with E-state index in [1.54, 1.807) is 13.0 Å². The predicted octanol–water partition coefficient (Wildman–Crippen LogP) is 2.71. The molecule has 0 unspecified atom stereocenters. The first-order valence-corrected chi connectivity index (χ1v) is 4.63. The fourth-order valence-electron chi connectivity index (χ4n) is 0.945. The molecule has 0 aromatic rings. The van der Waals surface area contributed by atoms with E-state index in [2.05, 4.69) is 0 Å². The molecule has 0 bridgehead atoms. The van der Waals surface area contributed by atoms with Crippen molar-refractivity contribution in [1.82, 2.24) is 0 Å². The summed E-state index contributed by atoms with van der Waals surface area (Å²) in [5, 5.41) is 0. The van der Waals surface area contributed by atoms with E-state index in [0.717, 1.165) is 0 Å². The fourth-order valence-corrected chi connectivity index (χ4v) is 0.945. The van der Waals surface area contributed by atoms with Crippen molar-refractivity contribution in [2.45, 2.75) is 27.7 Å². The van der Waals surface area contributed by atoms with Gasteiger partial charge in [-0.2, -0.15) is 0 Å². The Bertz CT molecular complexity index is 212. The van der Waals surface area contributed by atoms with Crippen LogP contribution in [0.1, 0.15) is 27.7 Å². The van der Waals surface area contributed by atoms with Crippen LogP contribution >= 0.6 is 0 Å². The molecule has 0 aromatic heterocycles. The van der Waals surface area contributed by atoms with Gasteiger partial charge in [0.2, 0.25) is 0 Å². The van der Waals surface area contributed by atoms with Gasteiger partial charge < -0.3 is 4.74 Å². The molecule has 74 valence electrons. The molecule has 13 heavy (non-hydrogen) atoms. The van der Waals surface area contributed by atoms with E-state index in [9.17, 15) is 4.79 Å². The molecule has 2 nitrogen and oxygen atoms in total. The number of carbonyl (C=O) groups is 1. The highest BCUT2D eigenvalue weighted by Crippen LogP contribution is 2.06. The summed E-state index contributed by atoms with van der Waals surface area (Å²) in [7, 11) is 0. The van der Waals surface area contributed by atoms with Crippen LogP contribution in [0.3, 0.4) is 0 Å². The highest BCUT2D eigenvalue weighted by atomic mass is 16.5. The number of hydrogen-bond acceptors (Lipinski definition) is 2. The van der Waals surface area contributed by atoms with Crippen LogP contribution in [-0.2, 0) is 9.53 Å². The minimum atomic E-state index is -0.241. The number of carbonyl (C=O) groups excluding carboxylic acids is 1. The lowest BCUT2D eigenvalue weighted by Crippen LogP contribution is -2.06. The Kier molecular flexibility index (Phi) is 5.94. The number of hydrogen-bond donors (Lipinski definition) is 0. The molecule has 0 spiro atoms. The van der Waals surface area contributed by atoms with E-state index in [1.165, 1.54) is 0 Å². The van der Waals surface area contributed by atoms with Crippen LogP contribution in [0.2, 0.25) is 0 Å². The maximum absolute atomic E-state index is 11.3. The molecule has 0 aliphatic carbocycles. The molecule has 0 aliphatic rings. The van der Waals surface area contributed by atoms with Crippen molar-refractivity contribution in [3.8, 4) is 0 Å². The first kappa shape index (κ1) is 11.9. The van der Waals surface area contributed by atoms with Gasteiger partial charge in [0, 0.05) is 0 Å². The normalized spacial score (nSPS) is 12.5. The lowest BCUT2D eigenvalue weighted by Gasteiger charge is -2.03. The van der Waals surface area contributed by atoms with Crippen LogP contribution in [-0.4, -0.2) is 12.6 Å². The summed E-state index contributed by atoms with van der Waals surface area (Å²) < 4.78 is 4.90. The van der Waals surface area contributed by atoms with E-state index in [0.29, 0.717) is 18.1 Å². The van der Waals surface area contributed by atoms with Gasteiger partial charge in [0.15, 0.2) is 0 Å². The minimum Gasteiger partial charge on any atom is -0.462 e. The lowest BCUT2D eigenvalue weighted by atomic mass is 10.1. The van der Waals surface area contributed by atoms with Gasteiger partial charge in [-0.1, -0.05) is 32.1 Å². The Morgan fingerprint density at radius 3 is 2.46 bits per heavy atom. The van der Waals surface area contributed by atoms with E-state index in [4.69, 9.17) is 4.74 Å². The first-order chi connectivity index (χ1) is 6.11. The SMILES string of the molecule is CC=CC(=CC(C)C)C(=O)OCC. The van der Waals surface area contributed by atoms with Crippen molar-refractivity contribution in [3.05, 3.63) is 23.8 Å². The molecule has 0 aliphatic heterocycles. The molecule has 0 saturated carbocycles. The standard InChI is InChI=1S/C11H18O2/c1-5-7-10(8-9(3)4)11(12)13-6-2/h5,7-9H,6H2,1-4H3. The topological polar surface area (TPSA) is 26.3 Å². The van der Waals surface area contributed by atoms with Crippen molar-refractivity contribution < 1.29 is 9.53 Å². The number of ether oxygens (including phenoxy) is 1. The number of allylic oxidation sites excluding steroid dienone is 2. The van der Waals surface area contributed by atoms with E-state index >= 15 is 0 Å². The van der Waals surface area contributed by atoms with Crippen molar-refractivity contribution in [3.63, 3.8) is 0 Å². The molecule has 0 fully saturated rings. The van der Waals surface area contributed by atoms with Crippen LogP contribution in [0, 0.1) is 5.92 Å². The zero-order valence-corrected chi connectivity index (χ0v) is 8.83. The lowest BCUT2D eigenvalue weighted by molar-refractivity contribution is -0.138. The third kappa shape index (κ3) is 5.23. The van der Waals surface area contributed by atoms with Crippen molar-refractivity contribution in [1.29, 1.82) is 0 Å². The zero-order chi connectivity index (χ0) is 10.3. The van der Waals surface area contributed by atoms with E-state index in [1.807, 2.05) is 32.9 Å². The van der Waals surface area contributed by atoms with Crippen LogP contribution in [0.15, 0.2) is 23.8 Å². The molecule has 0 N–H and O–H groups in total. The Labute approximate surface area is 80.3 Å². The summed E-state index contributed by atoms with van der Waals surface area (Å²) in [5.74, 6) is 0.116. The third-order valence-electron chi connectivity index (χ3n) is 1.37. The third-order valence-corrected chi connectivity index (χ3v) is 1.37. The average Bonchev–Trinajstić information content (AvgIpc) is 2.03. The Morgan fingerprint density at radius 1 is 1.46 bits per heavy atom. The molecule has 0 heterocycles. The maximum atomic E-state index is 11.3. The molecule has 0 amide bonds. The second-order valence-electron chi connectivity index (χ2n) is 3.09. The molecule has 2 heteroatoms. The van der Waals surface area contributed by atoms with Gasteiger partial charge in [-0.05, 0) is 19.8 Å². The van der Waals surface area contributed by atoms with Gasteiger partial charge >= 0.3 is 5.97 Å². The zero-order valence-electron chi connectivity index (χ0n) is 8.83. The van der Waals surface area contributed by atoms with Crippen LogP contribution < -0.4 is 0 Å². The maximum Gasteiger partial charge on any atom is 0.337 e. The summed E-state index contributed by atoms with van der Waals surface area (Å²) in [6, 6.07) is 0. The molecule has 0 atom stereocenters. The second kappa shape index (κ2) is 6.46. The van der Waals surface area contributed by atoms with Crippen LogP contribution in [0.4, 0.5) is 0 Å². The highest BCUT2D eigenvalue weighted by molar-refractivity contribution is 5.91. The highest BCUT2D eigenvalue weighted by Gasteiger charge is 2.06. The van der Waals surface area contributed by atoms with Gasteiger partial charge in [0.25, 0.3) is 0 Å². The number of esters is 1. The van der Waals surface area contributed by atoms with Gasteiger partial charge in [-0.3, -0.25) is 0 Å². The molecular formula is C11H18O2. The van der Waals surface area contributed by atoms with Crippen molar-refractivity contribution in [2.75, 3.05) is 6.61 Å². The minimum absolute atomic E-state index is 0.241. The summed E-state index contributed by atoms with van der Waals surface area (Å²) in [5.41, 5.74) is 0.638. The summed E-state index contributed by atoms with van der Waals surface area (Å²) in [4.78, 5) is 11.3. The van der Waals surface area contributed by atoms with Gasteiger partial charge in [-0.25, -0.2) is 4.79 Å². The van der Waals surface area contributed by atoms with Crippen molar-refractivity contribution in [2.24, 2.45) is 5.92 Å². The Hall–Kier alpha value is -1.05. The monoisotopic (exact) mass is 182 g/mol. The first-order valence-electron chi connectivity index (χ1n) is 4.63. The Balaban J connectivity index is 4.50. The van der Waals surface area contributed by atoms with Gasteiger partial charge in [0.1, 0.15) is 0 Å². The summed E-state index contributed by atoms with van der Waals surface area (Å²) in [6.45, 7) is 8.17. The predicted molar refractivity (Wildman–Crippen MR) is 54.4 cm³/mol. The summed E-state index contributed by atoms with van der Waals surface area (Å²) in [6.07, 6.45) is 5.52. The average molecular weight is 182 g/mol. The van der Waals surface area contributed by atoms with Crippen LogP contribution in [0.5, 0.6) is 0 Å². The quantitative estimate of drug-likeness (QED) is 0.379. The van der Waals surface area contributed by atoms with Crippen LogP contribution in [0.25, 0.3) is 0 Å². The van der Waals surface area contributed by atoms with Crippen molar-refractivity contribution >= 4 is 5.97 Å². The second-order valence-corrected chi connectivity index (χ2v) is 3.09. The number of rotatable bonds is 4.